The highest BCUT2D eigenvalue weighted by molar-refractivity contribution is 5.01. The first-order valence-corrected chi connectivity index (χ1v) is 5.56. The van der Waals surface area contributed by atoms with Gasteiger partial charge in [0, 0.05) is 19.0 Å². The second-order valence-corrected chi connectivity index (χ2v) is 4.91. The molecule has 1 fully saturated rings. The van der Waals surface area contributed by atoms with Crippen LogP contribution < -0.4 is 5.32 Å². The van der Waals surface area contributed by atoms with Gasteiger partial charge >= 0.3 is 0 Å². The Hall–Kier alpha value is -0.970. The first-order chi connectivity index (χ1) is 7.10. The molecule has 0 bridgehead atoms. The summed E-state index contributed by atoms with van der Waals surface area (Å²) in [6, 6.07) is 0.553. The average Bonchev–Trinajstić information content (AvgIpc) is 2.81. The molecule has 0 radical (unpaired) electrons. The van der Waals surface area contributed by atoms with Crippen molar-refractivity contribution in [1.82, 2.24) is 25.5 Å². The molecular formula is C10H19N5. The molecule has 0 atom stereocenters. The van der Waals surface area contributed by atoms with Crippen LogP contribution in [0.15, 0.2) is 0 Å². The predicted octanol–water partition coefficient (Wildman–Crippen LogP) is 0.531. The zero-order valence-electron chi connectivity index (χ0n) is 9.69. The average molecular weight is 209 g/mol. The van der Waals surface area contributed by atoms with E-state index in [1.807, 2.05) is 7.05 Å². The van der Waals surface area contributed by atoms with E-state index < -0.39 is 0 Å². The van der Waals surface area contributed by atoms with Gasteiger partial charge in [-0.15, -0.1) is 10.2 Å². The predicted molar refractivity (Wildman–Crippen MR) is 57.3 cm³/mol. The van der Waals surface area contributed by atoms with Gasteiger partial charge in [0.15, 0.2) is 5.82 Å². The fourth-order valence-electron chi connectivity index (χ4n) is 1.74. The first-order valence-electron chi connectivity index (χ1n) is 5.56. The summed E-state index contributed by atoms with van der Waals surface area (Å²) < 4.78 is 0. The molecule has 5 nitrogen and oxygen atoms in total. The molecule has 0 aliphatic heterocycles. The van der Waals surface area contributed by atoms with Crippen LogP contribution in [-0.4, -0.2) is 32.8 Å². The maximum absolute atomic E-state index is 4.23. The van der Waals surface area contributed by atoms with E-state index in [0.29, 0.717) is 11.5 Å². The number of hydrogen-bond acceptors (Lipinski definition) is 4. The van der Waals surface area contributed by atoms with Gasteiger partial charge in [0.05, 0.1) is 7.05 Å². The van der Waals surface area contributed by atoms with E-state index in [-0.39, 0.29) is 0 Å². The van der Waals surface area contributed by atoms with E-state index in [4.69, 9.17) is 0 Å². The fraction of sp³-hybridized carbons (Fsp3) is 0.900. The van der Waals surface area contributed by atoms with Gasteiger partial charge in [-0.2, -0.15) is 4.80 Å². The Labute approximate surface area is 90.2 Å². The molecule has 0 unspecified atom stereocenters. The summed E-state index contributed by atoms with van der Waals surface area (Å²) in [5.74, 6) is 0.876. The lowest BCUT2D eigenvalue weighted by Gasteiger charge is -2.15. The Morgan fingerprint density at radius 1 is 1.47 bits per heavy atom. The van der Waals surface area contributed by atoms with Gasteiger partial charge in [0.2, 0.25) is 0 Å². The smallest absolute Gasteiger partial charge is 0.175 e. The molecule has 1 aliphatic carbocycles. The molecule has 1 aromatic heterocycles. The van der Waals surface area contributed by atoms with E-state index in [0.717, 1.165) is 18.8 Å². The second kappa shape index (κ2) is 3.89. The molecule has 15 heavy (non-hydrogen) atoms. The monoisotopic (exact) mass is 209 g/mol. The van der Waals surface area contributed by atoms with Crippen molar-refractivity contribution in [3.05, 3.63) is 5.82 Å². The van der Waals surface area contributed by atoms with Crippen molar-refractivity contribution in [3.63, 3.8) is 0 Å². The van der Waals surface area contributed by atoms with Crippen molar-refractivity contribution < 1.29 is 0 Å². The number of aromatic nitrogens is 4. The maximum atomic E-state index is 4.23. The topological polar surface area (TPSA) is 55.6 Å². The minimum Gasteiger partial charge on any atom is -0.314 e. The van der Waals surface area contributed by atoms with Gasteiger partial charge in [-0.25, -0.2) is 0 Å². The van der Waals surface area contributed by atoms with E-state index in [2.05, 4.69) is 34.6 Å². The molecule has 1 saturated carbocycles. The molecule has 0 amide bonds. The summed E-state index contributed by atoms with van der Waals surface area (Å²) in [6.07, 6.45) is 3.52. The van der Waals surface area contributed by atoms with Crippen LogP contribution in [0, 0.1) is 5.41 Å². The van der Waals surface area contributed by atoms with Crippen LogP contribution in [0.4, 0.5) is 0 Å². The molecule has 1 heterocycles. The molecule has 2 rings (SSSR count). The standard InChI is InChI=1S/C10H19N5/c1-8(2)11-7-10(4-5-10)6-9-12-14-15(3)13-9/h8,11H,4-7H2,1-3H3. The van der Waals surface area contributed by atoms with Gasteiger partial charge in [-0.05, 0) is 23.5 Å². The first kappa shape index (κ1) is 10.5. The van der Waals surface area contributed by atoms with Gasteiger partial charge in [0.25, 0.3) is 0 Å². The van der Waals surface area contributed by atoms with E-state index in [9.17, 15) is 0 Å². The Balaban J connectivity index is 1.88. The van der Waals surface area contributed by atoms with Gasteiger partial charge in [0.1, 0.15) is 0 Å². The minimum absolute atomic E-state index is 0.410. The summed E-state index contributed by atoms with van der Waals surface area (Å²) in [4.78, 5) is 1.53. The number of nitrogens with zero attached hydrogens (tertiary/aromatic N) is 4. The molecule has 0 saturated heterocycles. The highest BCUT2D eigenvalue weighted by Gasteiger charge is 2.43. The van der Waals surface area contributed by atoms with E-state index >= 15 is 0 Å². The van der Waals surface area contributed by atoms with Crippen LogP contribution in [0.25, 0.3) is 0 Å². The van der Waals surface area contributed by atoms with Crippen molar-refractivity contribution in [3.8, 4) is 0 Å². The maximum Gasteiger partial charge on any atom is 0.175 e. The highest BCUT2D eigenvalue weighted by atomic mass is 15.6. The third-order valence-electron chi connectivity index (χ3n) is 2.93. The lowest BCUT2D eigenvalue weighted by molar-refractivity contribution is 0.421. The summed E-state index contributed by atoms with van der Waals surface area (Å²) in [5, 5.41) is 15.6. The van der Waals surface area contributed by atoms with Crippen LogP contribution in [0.5, 0.6) is 0 Å². The molecule has 1 N–H and O–H groups in total. The molecule has 5 heteroatoms. The zero-order valence-corrected chi connectivity index (χ0v) is 9.69. The Morgan fingerprint density at radius 3 is 2.67 bits per heavy atom. The van der Waals surface area contributed by atoms with Gasteiger partial charge in [-0.3, -0.25) is 0 Å². The second-order valence-electron chi connectivity index (χ2n) is 4.91. The molecule has 84 valence electrons. The van der Waals surface area contributed by atoms with E-state index in [1.165, 1.54) is 17.6 Å². The van der Waals surface area contributed by atoms with Crippen LogP contribution >= 0.6 is 0 Å². The third-order valence-corrected chi connectivity index (χ3v) is 2.93. The highest BCUT2D eigenvalue weighted by Crippen LogP contribution is 2.47. The summed E-state index contributed by atoms with van der Waals surface area (Å²) >= 11 is 0. The SMILES string of the molecule is CC(C)NCC1(Cc2nnn(C)n2)CC1. The van der Waals surface area contributed by atoms with Gasteiger partial charge < -0.3 is 5.32 Å². The van der Waals surface area contributed by atoms with Crippen molar-refractivity contribution in [2.75, 3.05) is 6.54 Å². The largest absolute Gasteiger partial charge is 0.314 e. The summed E-state index contributed by atoms with van der Waals surface area (Å²) in [5.41, 5.74) is 0.410. The minimum atomic E-state index is 0.410. The van der Waals surface area contributed by atoms with Crippen LogP contribution in [-0.2, 0) is 13.5 Å². The third kappa shape index (κ3) is 2.75. The van der Waals surface area contributed by atoms with Crippen LogP contribution in [0.2, 0.25) is 0 Å². The van der Waals surface area contributed by atoms with Crippen molar-refractivity contribution in [1.29, 1.82) is 0 Å². The number of hydrogen-bond donors (Lipinski definition) is 1. The molecular weight excluding hydrogens is 190 g/mol. The summed E-state index contributed by atoms with van der Waals surface area (Å²) in [6.45, 7) is 5.43. The Kier molecular flexibility index (Phi) is 2.73. The molecule has 0 spiro atoms. The number of tetrazole rings is 1. The summed E-state index contributed by atoms with van der Waals surface area (Å²) in [7, 11) is 1.81. The Bertz CT molecular complexity index is 326. The van der Waals surface area contributed by atoms with Crippen molar-refractivity contribution >= 4 is 0 Å². The van der Waals surface area contributed by atoms with E-state index in [1.54, 1.807) is 0 Å². The lowest BCUT2D eigenvalue weighted by Crippen LogP contribution is -2.31. The Morgan fingerprint density at radius 2 is 2.20 bits per heavy atom. The molecule has 0 aromatic carbocycles. The molecule has 1 aromatic rings. The zero-order chi connectivity index (χ0) is 10.9. The van der Waals surface area contributed by atoms with Gasteiger partial charge in [-0.1, -0.05) is 13.8 Å². The van der Waals surface area contributed by atoms with Crippen molar-refractivity contribution in [2.24, 2.45) is 12.5 Å². The van der Waals surface area contributed by atoms with Crippen LogP contribution in [0.1, 0.15) is 32.5 Å². The molecule has 1 aliphatic rings. The number of nitrogens with one attached hydrogen (secondary N) is 1. The normalized spacial score (nSPS) is 18.4. The quantitative estimate of drug-likeness (QED) is 0.768. The number of rotatable bonds is 5. The lowest BCUT2D eigenvalue weighted by atomic mass is 10.0. The fourth-order valence-corrected chi connectivity index (χ4v) is 1.74. The number of aryl methyl sites for hydroxylation is 1. The van der Waals surface area contributed by atoms with Crippen molar-refractivity contribution in [2.45, 2.75) is 39.2 Å². The van der Waals surface area contributed by atoms with Crippen LogP contribution in [0.3, 0.4) is 0 Å².